The van der Waals surface area contributed by atoms with Crippen LogP contribution in [0.5, 0.6) is 0 Å². The second-order valence-corrected chi connectivity index (χ2v) is 5.60. The van der Waals surface area contributed by atoms with Gasteiger partial charge in [0.15, 0.2) is 0 Å². The van der Waals surface area contributed by atoms with E-state index in [1.54, 1.807) is 19.1 Å². The first-order valence-electron chi connectivity index (χ1n) is 6.40. The molecule has 0 unspecified atom stereocenters. The molecule has 1 heterocycles. The van der Waals surface area contributed by atoms with Gasteiger partial charge in [0.1, 0.15) is 11.5 Å². The third-order valence-electron chi connectivity index (χ3n) is 3.37. The summed E-state index contributed by atoms with van der Waals surface area (Å²) < 4.78 is 14.1. The van der Waals surface area contributed by atoms with E-state index >= 15 is 0 Å². The number of aromatic nitrogens is 1. The number of halogens is 2. The maximum Gasteiger partial charge on any atom is 0.272 e. The predicted octanol–water partition coefficient (Wildman–Crippen LogP) is 4.63. The SMILES string of the molecule is Cc1c(C(=O)Nc2ccccc2Br)[nH]c2ccc(F)cc12. The molecule has 0 aliphatic heterocycles. The van der Waals surface area contributed by atoms with Crippen LogP contribution in [0.25, 0.3) is 10.9 Å². The number of nitrogens with one attached hydrogen (secondary N) is 2. The van der Waals surface area contributed by atoms with Crippen molar-refractivity contribution < 1.29 is 9.18 Å². The van der Waals surface area contributed by atoms with Gasteiger partial charge in [-0.15, -0.1) is 0 Å². The molecule has 3 rings (SSSR count). The number of benzene rings is 2. The molecule has 0 bridgehead atoms. The minimum absolute atomic E-state index is 0.254. The highest BCUT2D eigenvalue weighted by Crippen LogP contribution is 2.25. The minimum Gasteiger partial charge on any atom is -0.350 e. The molecule has 0 radical (unpaired) electrons. The number of amides is 1. The number of fused-ring (bicyclic) bond motifs is 1. The van der Waals surface area contributed by atoms with Crippen molar-refractivity contribution in [1.82, 2.24) is 4.98 Å². The largest absolute Gasteiger partial charge is 0.350 e. The molecule has 21 heavy (non-hydrogen) atoms. The lowest BCUT2D eigenvalue weighted by Crippen LogP contribution is -2.13. The molecule has 1 amide bonds. The molecule has 3 nitrogen and oxygen atoms in total. The van der Waals surface area contributed by atoms with E-state index in [1.807, 2.05) is 18.2 Å². The van der Waals surface area contributed by atoms with Gasteiger partial charge in [0.25, 0.3) is 5.91 Å². The van der Waals surface area contributed by atoms with E-state index in [9.17, 15) is 9.18 Å². The summed E-state index contributed by atoms with van der Waals surface area (Å²) >= 11 is 3.39. The Labute approximate surface area is 129 Å². The molecule has 0 atom stereocenters. The summed E-state index contributed by atoms with van der Waals surface area (Å²) in [5.74, 6) is -0.571. The van der Waals surface area contributed by atoms with Crippen LogP contribution in [-0.2, 0) is 0 Å². The normalized spacial score (nSPS) is 10.8. The first-order chi connectivity index (χ1) is 10.1. The fourth-order valence-electron chi connectivity index (χ4n) is 2.27. The molecular weight excluding hydrogens is 335 g/mol. The van der Waals surface area contributed by atoms with Gasteiger partial charge in [0.2, 0.25) is 0 Å². The number of H-pyrrole nitrogens is 1. The third-order valence-corrected chi connectivity index (χ3v) is 4.06. The molecule has 0 aliphatic rings. The van der Waals surface area contributed by atoms with Gasteiger partial charge in [-0.3, -0.25) is 4.79 Å². The third kappa shape index (κ3) is 2.56. The maximum absolute atomic E-state index is 13.3. The molecule has 2 aromatic carbocycles. The number of anilines is 1. The zero-order chi connectivity index (χ0) is 15.0. The van der Waals surface area contributed by atoms with Gasteiger partial charge in [0, 0.05) is 15.4 Å². The summed E-state index contributed by atoms with van der Waals surface area (Å²) in [5.41, 5.74) is 2.60. The van der Waals surface area contributed by atoms with Crippen LogP contribution in [0.2, 0.25) is 0 Å². The molecule has 106 valence electrons. The Morgan fingerprint density at radius 3 is 2.76 bits per heavy atom. The van der Waals surface area contributed by atoms with Gasteiger partial charge in [-0.05, 0) is 58.7 Å². The average Bonchev–Trinajstić information content (AvgIpc) is 2.79. The lowest BCUT2D eigenvalue weighted by atomic mass is 10.1. The topological polar surface area (TPSA) is 44.9 Å². The van der Waals surface area contributed by atoms with E-state index in [0.29, 0.717) is 16.8 Å². The number of hydrogen-bond donors (Lipinski definition) is 2. The molecule has 3 aromatic rings. The maximum atomic E-state index is 13.3. The Balaban J connectivity index is 1.99. The molecule has 0 saturated carbocycles. The fourth-order valence-corrected chi connectivity index (χ4v) is 2.66. The molecule has 0 fully saturated rings. The van der Waals surface area contributed by atoms with Gasteiger partial charge in [-0.25, -0.2) is 4.39 Å². The van der Waals surface area contributed by atoms with Gasteiger partial charge in [-0.2, -0.15) is 0 Å². The lowest BCUT2D eigenvalue weighted by molar-refractivity contribution is 0.102. The van der Waals surface area contributed by atoms with Crippen LogP contribution >= 0.6 is 15.9 Å². The van der Waals surface area contributed by atoms with Crippen molar-refractivity contribution in [3.8, 4) is 0 Å². The van der Waals surface area contributed by atoms with Crippen LogP contribution in [0, 0.1) is 12.7 Å². The van der Waals surface area contributed by atoms with Gasteiger partial charge >= 0.3 is 0 Å². The summed E-state index contributed by atoms with van der Waals surface area (Å²) in [4.78, 5) is 15.4. The standard InChI is InChI=1S/C16H12BrFN2O/c1-9-11-8-10(18)6-7-13(11)19-15(9)16(21)20-14-5-3-2-4-12(14)17/h2-8,19H,1H3,(H,20,21). The van der Waals surface area contributed by atoms with Crippen LogP contribution in [0.4, 0.5) is 10.1 Å². The van der Waals surface area contributed by atoms with Crippen molar-refractivity contribution in [3.05, 3.63) is 64.0 Å². The summed E-state index contributed by atoms with van der Waals surface area (Å²) in [5, 5.41) is 3.55. The second-order valence-electron chi connectivity index (χ2n) is 4.75. The van der Waals surface area contributed by atoms with E-state index in [-0.39, 0.29) is 11.7 Å². The molecular formula is C16H12BrFN2O. The number of hydrogen-bond acceptors (Lipinski definition) is 1. The highest BCUT2D eigenvalue weighted by atomic mass is 79.9. The fraction of sp³-hybridized carbons (Fsp3) is 0.0625. The highest BCUT2D eigenvalue weighted by Gasteiger charge is 2.16. The average molecular weight is 347 g/mol. The van der Waals surface area contributed by atoms with Crippen LogP contribution in [-0.4, -0.2) is 10.9 Å². The Kier molecular flexibility index (Phi) is 3.51. The Hall–Kier alpha value is -2.14. The number of carbonyl (C=O) groups excluding carboxylic acids is 1. The number of carbonyl (C=O) groups is 1. The highest BCUT2D eigenvalue weighted by molar-refractivity contribution is 9.10. The first-order valence-corrected chi connectivity index (χ1v) is 7.19. The van der Waals surface area contributed by atoms with E-state index in [1.165, 1.54) is 12.1 Å². The van der Waals surface area contributed by atoms with E-state index < -0.39 is 0 Å². The summed E-state index contributed by atoms with van der Waals surface area (Å²) in [6, 6.07) is 11.8. The lowest BCUT2D eigenvalue weighted by Gasteiger charge is -2.06. The Morgan fingerprint density at radius 1 is 1.24 bits per heavy atom. The van der Waals surface area contributed by atoms with Crippen molar-refractivity contribution in [2.75, 3.05) is 5.32 Å². The molecule has 5 heteroatoms. The van der Waals surface area contributed by atoms with Gasteiger partial charge in [0.05, 0.1) is 5.69 Å². The summed E-state index contributed by atoms with van der Waals surface area (Å²) in [6.45, 7) is 1.80. The second kappa shape index (κ2) is 5.33. The zero-order valence-electron chi connectivity index (χ0n) is 11.2. The van der Waals surface area contributed by atoms with Crippen LogP contribution in [0.3, 0.4) is 0 Å². The van der Waals surface area contributed by atoms with Crippen LogP contribution in [0.1, 0.15) is 16.1 Å². The zero-order valence-corrected chi connectivity index (χ0v) is 12.8. The molecule has 0 saturated heterocycles. The first kappa shape index (κ1) is 13.8. The molecule has 2 N–H and O–H groups in total. The van der Waals surface area contributed by atoms with Gasteiger partial charge in [-0.1, -0.05) is 12.1 Å². The quantitative estimate of drug-likeness (QED) is 0.698. The van der Waals surface area contributed by atoms with Crippen molar-refractivity contribution in [3.63, 3.8) is 0 Å². The Morgan fingerprint density at radius 2 is 2.00 bits per heavy atom. The monoisotopic (exact) mass is 346 g/mol. The summed E-state index contributed by atoms with van der Waals surface area (Å²) in [6.07, 6.45) is 0. The van der Waals surface area contributed by atoms with Crippen molar-refractivity contribution in [2.24, 2.45) is 0 Å². The molecule has 0 aliphatic carbocycles. The summed E-state index contributed by atoms with van der Waals surface area (Å²) in [7, 11) is 0. The van der Waals surface area contributed by atoms with E-state index in [2.05, 4.69) is 26.2 Å². The minimum atomic E-state index is -0.317. The number of para-hydroxylation sites is 1. The van der Waals surface area contributed by atoms with Crippen molar-refractivity contribution in [2.45, 2.75) is 6.92 Å². The number of aryl methyl sites for hydroxylation is 1. The predicted molar refractivity (Wildman–Crippen MR) is 85.1 cm³/mol. The van der Waals surface area contributed by atoms with Crippen LogP contribution in [0.15, 0.2) is 46.9 Å². The smallest absolute Gasteiger partial charge is 0.272 e. The van der Waals surface area contributed by atoms with Crippen molar-refractivity contribution in [1.29, 1.82) is 0 Å². The number of rotatable bonds is 2. The van der Waals surface area contributed by atoms with Gasteiger partial charge < -0.3 is 10.3 Å². The van der Waals surface area contributed by atoms with E-state index in [4.69, 9.17) is 0 Å². The Bertz CT molecular complexity index is 841. The van der Waals surface area contributed by atoms with Crippen molar-refractivity contribution >= 4 is 38.4 Å². The molecule has 0 spiro atoms. The number of aromatic amines is 1. The van der Waals surface area contributed by atoms with E-state index in [0.717, 1.165) is 15.6 Å². The van der Waals surface area contributed by atoms with Crippen LogP contribution < -0.4 is 5.32 Å². The molecule has 1 aromatic heterocycles.